The molecule has 1 aliphatic carbocycles. The Balaban J connectivity index is 0.00000162. The zero-order valence-corrected chi connectivity index (χ0v) is 12.6. The summed E-state index contributed by atoms with van der Waals surface area (Å²) in [6.45, 7) is 3.13. The lowest BCUT2D eigenvalue weighted by atomic mass is 9.60. The van der Waals surface area contributed by atoms with Gasteiger partial charge in [0, 0.05) is 5.02 Å². The summed E-state index contributed by atoms with van der Waals surface area (Å²) < 4.78 is 0. The molecule has 1 aromatic carbocycles. The molecular weight excluding hydrogens is 265 g/mol. The van der Waals surface area contributed by atoms with Crippen LogP contribution in [-0.2, 0) is 5.41 Å². The molecule has 0 amide bonds. The van der Waals surface area contributed by atoms with Gasteiger partial charge in [-0.05, 0) is 61.3 Å². The normalized spacial score (nSPS) is 18.6. The van der Waals surface area contributed by atoms with Crippen molar-refractivity contribution in [3.8, 4) is 0 Å². The molecule has 0 bridgehead atoms. The quantitative estimate of drug-likeness (QED) is 0.844. The Morgan fingerprint density at radius 1 is 1.28 bits per heavy atom. The molecule has 1 fully saturated rings. The van der Waals surface area contributed by atoms with Gasteiger partial charge in [-0.1, -0.05) is 37.1 Å². The van der Waals surface area contributed by atoms with Gasteiger partial charge in [0.25, 0.3) is 0 Å². The average molecular weight is 288 g/mol. The second-order valence-electron chi connectivity index (χ2n) is 5.53. The summed E-state index contributed by atoms with van der Waals surface area (Å²) in [6.07, 6.45) is 6.41. The van der Waals surface area contributed by atoms with Crippen molar-refractivity contribution in [1.29, 1.82) is 0 Å². The van der Waals surface area contributed by atoms with Crippen LogP contribution in [0.2, 0.25) is 5.02 Å². The van der Waals surface area contributed by atoms with Crippen molar-refractivity contribution in [2.45, 2.75) is 44.4 Å². The Bertz CT molecular complexity index is 357. The van der Waals surface area contributed by atoms with Crippen molar-refractivity contribution >= 4 is 24.0 Å². The Morgan fingerprint density at radius 3 is 2.33 bits per heavy atom. The van der Waals surface area contributed by atoms with Crippen LogP contribution < -0.4 is 5.73 Å². The largest absolute Gasteiger partial charge is 0.330 e. The zero-order valence-electron chi connectivity index (χ0n) is 11.0. The van der Waals surface area contributed by atoms with Gasteiger partial charge in [0.05, 0.1) is 0 Å². The lowest BCUT2D eigenvalue weighted by Crippen LogP contribution is -2.36. The number of hydrogen-bond acceptors (Lipinski definition) is 1. The Labute approximate surface area is 122 Å². The lowest BCUT2D eigenvalue weighted by Gasteiger charge is -2.44. The summed E-state index contributed by atoms with van der Waals surface area (Å²) in [5.74, 6) is 0.718. The van der Waals surface area contributed by atoms with Crippen molar-refractivity contribution in [3.63, 3.8) is 0 Å². The molecule has 0 radical (unpaired) electrons. The SMILES string of the molecule is CC(CCN)CC1(c2ccc(Cl)cc2)CCC1.Cl. The molecule has 102 valence electrons. The third kappa shape index (κ3) is 3.40. The number of hydrogen-bond donors (Lipinski definition) is 1. The molecule has 1 saturated carbocycles. The van der Waals surface area contributed by atoms with E-state index in [9.17, 15) is 0 Å². The Hall–Kier alpha value is -0.240. The third-order valence-electron chi connectivity index (χ3n) is 4.17. The van der Waals surface area contributed by atoms with E-state index in [1.807, 2.05) is 12.1 Å². The standard InChI is InChI=1S/C15H22ClN.ClH/c1-12(7-10-17)11-15(8-2-9-15)13-3-5-14(16)6-4-13;/h3-6,12H,2,7-11,17H2,1H3;1H. The van der Waals surface area contributed by atoms with Gasteiger partial charge >= 0.3 is 0 Å². The van der Waals surface area contributed by atoms with E-state index in [0.29, 0.717) is 5.41 Å². The van der Waals surface area contributed by atoms with E-state index in [1.54, 1.807) is 0 Å². The molecule has 1 aliphatic rings. The van der Waals surface area contributed by atoms with Crippen molar-refractivity contribution in [3.05, 3.63) is 34.9 Å². The maximum atomic E-state index is 5.96. The van der Waals surface area contributed by atoms with E-state index in [-0.39, 0.29) is 12.4 Å². The minimum Gasteiger partial charge on any atom is -0.330 e. The molecule has 1 nitrogen and oxygen atoms in total. The highest BCUT2D eigenvalue weighted by Gasteiger charge is 2.39. The molecule has 0 spiro atoms. The second kappa shape index (κ2) is 6.79. The molecule has 0 aliphatic heterocycles. The maximum Gasteiger partial charge on any atom is 0.0406 e. The fraction of sp³-hybridized carbons (Fsp3) is 0.600. The lowest BCUT2D eigenvalue weighted by molar-refractivity contribution is 0.191. The van der Waals surface area contributed by atoms with Gasteiger partial charge in [0.1, 0.15) is 0 Å². The van der Waals surface area contributed by atoms with Crippen LogP contribution in [0.25, 0.3) is 0 Å². The Kier molecular flexibility index (Phi) is 5.97. The van der Waals surface area contributed by atoms with E-state index < -0.39 is 0 Å². The first-order chi connectivity index (χ1) is 8.16. The van der Waals surface area contributed by atoms with E-state index >= 15 is 0 Å². The van der Waals surface area contributed by atoms with Gasteiger partial charge in [-0.15, -0.1) is 12.4 Å². The average Bonchev–Trinajstić information content (AvgIpc) is 2.25. The first-order valence-corrected chi connectivity index (χ1v) is 7.00. The fourth-order valence-corrected chi connectivity index (χ4v) is 3.20. The summed E-state index contributed by atoms with van der Waals surface area (Å²) >= 11 is 5.96. The van der Waals surface area contributed by atoms with E-state index in [0.717, 1.165) is 23.9 Å². The van der Waals surface area contributed by atoms with Gasteiger partial charge in [-0.3, -0.25) is 0 Å². The van der Waals surface area contributed by atoms with Crippen molar-refractivity contribution in [2.24, 2.45) is 11.7 Å². The summed E-state index contributed by atoms with van der Waals surface area (Å²) in [7, 11) is 0. The van der Waals surface area contributed by atoms with Crippen LogP contribution in [0.5, 0.6) is 0 Å². The van der Waals surface area contributed by atoms with E-state index in [2.05, 4.69) is 19.1 Å². The zero-order chi connectivity index (χ0) is 12.3. The summed E-state index contributed by atoms with van der Waals surface area (Å²) in [5, 5.41) is 0.832. The molecule has 2 N–H and O–H groups in total. The van der Waals surface area contributed by atoms with Crippen molar-refractivity contribution in [2.75, 3.05) is 6.54 Å². The van der Waals surface area contributed by atoms with Crippen molar-refractivity contribution < 1.29 is 0 Å². The van der Waals surface area contributed by atoms with Gasteiger partial charge in [-0.2, -0.15) is 0 Å². The van der Waals surface area contributed by atoms with Gasteiger partial charge in [0.2, 0.25) is 0 Å². The number of benzene rings is 1. The summed E-state index contributed by atoms with van der Waals surface area (Å²) in [6, 6.07) is 8.45. The summed E-state index contributed by atoms with van der Waals surface area (Å²) in [5.41, 5.74) is 7.53. The highest BCUT2D eigenvalue weighted by atomic mass is 35.5. The first-order valence-electron chi connectivity index (χ1n) is 6.62. The predicted molar refractivity (Wildman–Crippen MR) is 81.7 cm³/mol. The molecular formula is C15H23Cl2N. The first kappa shape index (κ1) is 15.8. The number of halogens is 2. The smallest absolute Gasteiger partial charge is 0.0406 e. The second-order valence-corrected chi connectivity index (χ2v) is 5.96. The van der Waals surface area contributed by atoms with Crippen LogP contribution in [0.3, 0.4) is 0 Å². The predicted octanol–water partition coefficient (Wildman–Crippen LogP) is 4.56. The fourth-order valence-electron chi connectivity index (χ4n) is 3.07. The number of nitrogens with two attached hydrogens (primary N) is 1. The molecule has 18 heavy (non-hydrogen) atoms. The van der Waals surface area contributed by atoms with Crippen LogP contribution in [0.4, 0.5) is 0 Å². The van der Waals surface area contributed by atoms with Crippen LogP contribution in [0.15, 0.2) is 24.3 Å². The molecule has 1 atom stereocenters. The van der Waals surface area contributed by atoms with Gasteiger partial charge < -0.3 is 5.73 Å². The molecule has 1 unspecified atom stereocenters. The van der Waals surface area contributed by atoms with Crippen LogP contribution in [0, 0.1) is 5.92 Å². The molecule has 2 rings (SSSR count). The van der Waals surface area contributed by atoms with Crippen LogP contribution in [-0.4, -0.2) is 6.54 Å². The van der Waals surface area contributed by atoms with Crippen molar-refractivity contribution in [1.82, 2.24) is 0 Å². The highest BCUT2D eigenvalue weighted by molar-refractivity contribution is 6.30. The topological polar surface area (TPSA) is 26.0 Å². The molecule has 0 heterocycles. The molecule has 0 aromatic heterocycles. The van der Waals surface area contributed by atoms with Crippen LogP contribution in [0.1, 0.15) is 44.6 Å². The van der Waals surface area contributed by atoms with Crippen LogP contribution >= 0.6 is 24.0 Å². The maximum absolute atomic E-state index is 5.96. The van der Waals surface area contributed by atoms with E-state index in [4.69, 9.17) is 17.3 Å². The Morgan fingerprint density at radius 2 is 1.89 bits per heavy atom. The molecule has 3 heteroatoms. The minimum absolute atomic E-state index is 0. The van der Waals surface area contributed by atoms with Gasteiger partial charge in [-0.25, -0.2) is 0 Å². The van der Waals surface area contributed by atoms with Gasteiger partial charge in [0.15, 0.2) is 0 Å². The highest BCUT2D eigenvalue weighted by Crippen LogP contribution is 2.48. The van der Waals surface area contributed by atoms with E-state index in [1.165, 1.54) is 31.2 Å². The third-order valence-corrected chi connectivity index (χ3v) is 4.42. The minimum atomic E-state index is 0. The number of rotatable bonds is 5. The monoisotopic (exact) mass is 287 g/mol. The molecule has 1 aromatic rings. The molecule has 0 saturated heterocycles. The summed E-state index contributed by atoms with van der Waals surface area (Å²) in [4.78, 5) is 0.